The highest BCUT2D eigenvalue weighted by atomic mass is 16.5. The monoisotopic (exact) mass is 268 g/mol. The number of ketones is 1. The van der Waals surface area contributed by atoms with Gasteiger partial charge in [0, 0.05) is 5.56 Å². The average molecular weight is 268 g/mol. The van der Waals surface area contributed by atoms with Crippen molar-refractivity contribution in [3.05, 3.63) is 65.7 Å². The molecule has 0 spiro atoms. The fourth-order valence-corrected chi connectivity index (χ4v) is 2.02. The van der Waals surface area contributed by atoms with Gasteiger partial charge in [0.2, 0.25) is 0 Å². The van der Waals surface area contributed by atoms with E-state index >= 15 is 0 Å². The summed E-state index contributed by atoms with van der Waals surface area (Å²) in [6, 6.07) is 17.2. The van der Waals surface area contributed by atoms with Crippen LogP contribution in [0.25, 0.3) is 0 Å². The van der Waals surface area contributed by atoms with Gasteiger partial charge >= 0.3 is 0 Å². The van der Waals surface area contributed by atoms with Crippen molar-refractivity contribution in [2.45, 2.75) is 20.8 Å². The molecule has 20 heavy (non-hydrogen) atoms. The van der Waals surface area contributed by atoms with Crippen molar-refractivity contribution < 1.29 is 9.53 Å². The van der Waals surface area contributed by atoms with Crippen molar-refractivity contribution >= 4 is 5.78 Å². The van der Waals surface area contributed by atoms with Crippen LogP contribution >= 0.6 is 0 Å². The largest absolute Gasteiger partial charge is 0.492 e. The number of aryl methyl sites for hydroxylation is 1. The first-order valence-electron chi connectivity index (χ1n) is 6.79. The number of carbonyl (C=O) groups is 1. The van der Waals surface area contributed by atoms with Gasteiger partial charge in [0.1, 0.15) is 12.4 Å². The first kappa shape index (κ1) is 14.3. The van der Waals surface area contributed by atoms with Gasteiger partial charge in [-0.2, -0.15) is 0 Å². The molecule has 0 amide bonds. The summed E-state index contributed by atoms with van der Waals surface area (Å²) in [5.74, 6) is 0.938. The Morgan fingerprint density at radius 3 is 2.25 bits per heavy atom. The second-order valence-corrected chi connectivity index (χ2v) is 5.63. The summed E-state index contributed by atoms with van der Waals surface area (Å²) in [7, 11) is 0. The molecule has 0 saturated heterocycles. The van der Waals surface area contributed by atoms with Crippen molar-refractivity contribution in [3.63, 3.8) is 0 Å². The van der Waals surface area contributed by atoms with Crippen LogP contribution in [-0.4, -0.2) is 12.4 Å². The molecule has 2 heteroatoms. The maximum Gasteiger partial charge on any atom is 0.171 e. The Kier molecular flexibility index (Phi) is 4.23. The summed E-state index contributed by atoms with van der Waals surface area (Å²) in [5.41, 5.74) is 1.25. The van der Waals surface area contributed by atoms with Crippen molar-refractivity contribution in [3.8, 4) is 5.75 Å². The Labute approximate surface area is 120 Å². The van der Waals surface area contributed by atoms with Crippen LogP contribution in [0.2, 0.25) is 0 Å². The zero-order valence-corrected chi connectivity index (χ0v) is 12.2. The van der Waals surface area contributed by atoms with E-state index in [9.17, 15) is 4.79 Å². The van der Waals surface area contributed by atoms with E-state index in [0.717, 1.165) is 16.9 Å². The highest BCUT2D eigenvalue weighted by Gasteiger charge is 2.29. The van der Waals surface area contributed by atoms with E-state index in [0.29, 0.717) is 6.61 Å². The first-order chi connectivity index (χ1) is 9.50. The minimum Gasteiger partial charge on any atom is -0.492 e. The molecule has 0 saturated carbocycles. The lowest BCUT2D eigenvalue weighted by Crippen LogP contribution is -2.31. The smallest absolute Gasteiger partial charge is 0.171 e. The second kappa shape index (κ2) is 5.91. The van der Waals surface area contributed by atoms with E-state index in [1.54, 1.807) is 0 Å². The predicted molar refractivity (Wildman–Crippen MR) is 81.2 cm³/mol. The lowest BCUT2D eigenvalue weighted by molar-refractivity contribution is 0.0751. The van der Waals surface area contributed by atoms with Gasteiger partial charge in [0.05, 0.1) is 5.41 Å². The van der Waals surface area contributed by atoms with E-state index in [4.69, 9.17) is 4.74 Å². The van der Waals surface area contributed by atoms with Crippen LogP contribution < -0.4 is 4.74 Å². The van der Waals surface area contributed by atoms with Crippen molar-refractivity contribution in [1.29, 1.82) is 0 Å². The van der Waals surface area contributed by atoms with Gasteiger partial charge in [-0.3, -0.25) is 4.79 Å². The quantitative estimate of drug-likeness (QED) is 0.756. The molecule has 0 atom stereocenters. The van der Waals surface area contributed by atoms with Gasteiger partial charge in [0.15, 0.2) is 5.78 Å². The zero-order valence-electron chi connectivity index (χ0n) is 12.2. The summed E-state index contributed by atoms with van der Waals surface area (Å²) in [6.45, 7) is 6.20. The number of hydrogen-bond donors (Lipinski definition) is 0. The third-order valence-electron chi connectivity index (χ3n) is 3.33. The summed E-state index contributed by atoms with van der Waals surface area (Å²) in [6.07, 6.45) is 0. The van der Waals surface area contributed by atoms with Gasteiger partial charge in [0.25, 0.3) is 0 Å². The number of carbonyl (C=O) groups excluding carboxylic acids is 1. The molecule has 0 aliphatic carbocycles. The Morgan fingerprint density at radius 2 is 1.60 bits per heavy atom. The van der Waals surface area contributed by atoms with Crippen molar-refractivity contribution in [2.24, 2.45) is 5.41 Å². The minimum atomic E-state index is -0.552. The van der Waals surface area contributed by atoms with Gasteiger partial charge in [-0.25, -0.2) is 0 Å². The SMILES string of the molecule is Cc1ccccc1OCC(C)(C)C(=O)c1ccccc1. The molecule has 0 aliphatic heterocycles. The number of ether oxygens (including phenoxy) is 1. The molecule has 2 aromatic rings. The topological polar surface area (TPSA) is 26.3 Å². The molecule has 0 heterocycles. The fourth-order valence-electron chi connectivity index (χ4n) is 2.02. The summed E-state index contributed by atoms with van der Waals surface area (Å²) < 4.78 is 5.82. The van der Waals surface area contributed by atoms with Crippen molar-refractivity contribution in [1.82, 2.24) is 0 Å². The highest BCUT2D eigenvalue weighted by Crippen LogP contribution is 2.25. The number of benzene rings is 2. The summed E-state index contributed by atoms with van der Waals surface area (Å²) in [5, 5.41) is 0. The molecule has 0 bridgehead atoms. The molecule has 0 N–H and O–H groups in total. The molecule has 0 aromatic heterocycles. The molecular weight excluding hydrogens is 248 g/mol. The first-order valence-corrected chi connectivity index (χ1v) is 6.79. The Hall–Kier alpha value is -2.09. The molecule has 0 aliphatic rings. The maximum absolute atomic E-state index is 12.5. The van der Waals surface area contributed by atoms with Crippen LogP contribution in [-0.2, 0) is 0 Å². The third kappa shape index (κ3) is 3.27. The van der Waals surface area contributed by atoms with Gasteiger partial charge in [-0.15, -0.1) is 0 Å². The van der Waals surface area contributed by atoms with Crippen LogP contribution in [0, 0.1) is 12.3 Å². The Bertz CT molecular complexity index is 585. The lowest BCUT2D eigenvalue weighted by Gasteiger charge is -2.24. The summed E-state index contributed by atoms with van der Waals surface area (Å²) in [4.78, 5) is 12.5. The Morgan fingerprint density at radius 1 is 1.00 bits per heavy atom. The Balaban J connectivity index is 2.08. The molecule has 0 radical (unpaired) electrons. The van der Waals surface area contributed by atoms with Gasteiger partial charge < -0.3 is 4.74 Å². The maximum atomic E-state index is 12.5. The van der Waals surface area contributed by atoms with Crippen molar-refractivity contribution in [2.75, 3.05) is 6.61 Å². The van der Waals surface area contributed by atoms with E-state index in [1.165, 1.54) is 0 Å². The van der Waals surface area contributed by atoms with E-state index in [2.05, 4.69) is 0 Å². The molecule has 0 fully saturated rings. The number of rotatable bonds is 5. The zero-order chi connectivity index (χ0) is 14.6. The van der Waals surface area contributed by atoms with E-state index in [-0.39, 0.29) is 5.78 Å². The summed E-state index contributed by atoms with van der Waals surface area (Å²) >= 11 is 0. The average Bonchev–Trinajstić information content (AvgIpc) is 2.46. The standard InChI is InChI=1S/C18H20O2/c1-14-9-7-8-12-16(14)20-13-18(2,3)17(19)15-10-5-4-6-11-15/h4-12H,13H2,1-3H3. The molecule has 104 valence electrons. The molecule has 2 aromatic carbocycles. The van der Waals surface area contributed by atoms with Crippen LogP contribution in [0.1, 0.15) is 29.8 Å². The fraction of sp³-hybridized carbons (Fsp3) is 0.278. The van der Waals surface area contributed by atoms with Crippen LogP contribution in [0.4, 0.5) is 0 Å². The van der Waals surface area contributed by atoms with Crippen LogP contribution in [0.15, 0.2) is 54.6 Å². The van der Waals surface area contributed by atoms with E-state index in [1.807, 2.05) is 75.4 Å². The third-order valence-corrected chi connectivity index (χ3v) is 3.33. The number of hydrogen-bond acceptors (Lipinski definition) is 2. The normalized spacial score (nSPS) is 11.2. The lowest BCUT2D eigenvalue weighted by atomic mass is 9.85. The molecule has 2 nitrogen and oxygen atoms in total. The van der Waals surface area contributed by atoms with Gasteiger partial charge in [-0.05, 0) is 32.4 Å². The highest BCUT2D eigenvalue weighted by molar-refractivity contribution is 6.00. The molecular formula is C18H20O2. The minimum absolute atomic E-state index is 0.103. The van der Waals surface area contributed by atoms with Gasteiger partial charge in [-0.1, -0.05) is 48.5 Å². The molecule has 0 unspecified atom stereocenters. The van der Waals surface area contributed by atoms with Crippen LogP contribution in [0.3, 0.4) is 0 Å². The van der Waals surface area contributed by atoms with Crippen LogP contribution in [0.5, 0.6) is 5.75 Å². The number of para-hydroxylation sites is 1. The number of Topliss-reactive ketones (excluding diaryl/α,β-unsaturated/α-hetero) is 1. The predicted octanol–water partition coefficient (Wildman–Crippen LogP) is 4.28. The second-order valence-electron chi connectivity index (χ2n) is 5.63. The van der Waals surface area contributed by atoms with E-state index < -0.39 is 5.41 Å². The molecule has 2 rings (SSSR count).